The molecule has 116 valence electrons. The number of amides is 1. The molecule has 1 atom stereocenters. The first-order valence-electron chi connectivity index (χ1n) is 8.19. The largest absolute Gasteiger partial charge is 0.323 e. The van der Waals surface area contributed by atoms with Crippen LogP contribution in [0.3, 0.4) is 0 Å². The molecule has 3 aliphatic heterocycles. The van der Waals surface area contributed by atoms with Gasteiger partial charge in [0.05, 0.1) is 0 Å². The van der Waals surface area contributed by atoms with E-state index in [0.29, 0.717) is 18.5 Å². The third-order valence-electron chi connectivity index (χ3n) is 5.12. The Morgan fingerprint density at radius 2 is 2.05 bits per heavy atom. The number of hydrogen-bond acceptors (Lipinski definition) is 2. The average molecular weight is 296 g/mol. The van der Waals surface area contributed by atoms with Crippen LogP contribution >= 0.6 is 0 Å². The third kappa shape index (κ3) is 3.03. The van der Waals surface area contributed by atoms with Gasteiger partial charge < -0.3 is 9.80 Å². The molecule has 3 heteroatoms. The molecule has 3 nitrogen and oxygen atoms in total. The van der Waals surface area contributed by atoms with Crippen LogP contribution in [0.2, 0.25) is 0 Å². The number of aryl methyl sites for hydroxylation is 1. The second-order valence-electron chi connectivity index (χ2n) is 6.44. The Morgan fingerprint density at radius 1 is 1.32 bits per heavy atom. The Labute approximate surface area is 133 Å². The van der Waals surface area contributed by atoms with Crippen molar-refractivity contribution >= 4 is 5.91 Å². The molecule has 1 unspecified atom stereocenters. The van der Waals surface area contributed by atoms with Crippen molar-refractivity contribution in [3.05, 3.63) is 35.4 Å². The lowest BCUT2D eigenvalue weighted by molar-refractivity contribution is -0.132. The van der Waals surface area contributed by atoms with Gasteiger partial charge in [0.2, 0.25) is 0 Å². The predicted octanol–water partition coefficient (Wildman–Crippen LogP) is 2.44. The number of benzene rings is 1. The van der Waals surface area contributed by atoms with Gasteiger partial charge in [-0.3, -0.25) is 4.79 Å². The van der Waals surface area contributed by atoms with Crippen molar-refractivity contribution in [2.24, 2.45) is 5.92 Å². The van der Waals surface area contributed by atoms with Crippen LogP contribution in [0.1, 0.15) is 30.9 Å². The fraction of sp³-hybridized carbons (Fsp3) is 0.526. The molecule has 4 rings (SSSR count). The number of nitrogens with zero attached hydrogens (tertiary/aromatic N) is 2. The van der Waals surface area contributed by atoms with E-state index in [-0.39, 0.29) is 5.91 Å². The molecule has 0 radical (unpaired) electrons. The van der Waals surface area contributed by atoms with Gasteiger partial charge in [-0.05, 0) is 62.7 Å². The molecule has 1 amide bonds. The normalized spacial score (nSPS) is 26.2. The summed E-state index contributed by atoms with van der Waals surface area (Å²) in [6.45, 7) is 7.91. The molecule has 0 aliphatic carbocycles. The Hall–Kier alpha value is -1.79. The summed E-state index contributed by atoms with van der Waals surface area (Å²) in [7, 11) is 0. The van der Waals surface area contributed by atoms with Crippen molar-refractivity contribution in [3.8, 4) is 11.8 Å². The average Bonchev–Trinajstić information content (AvgIpc) is 2.55. The highest BCUT2D eigenvalue weighted by atomic mass is 16.2. The maximum atomic E-state index is 12.6. The Bertz CT molecular complexity index is 605. The lowest BCUT2D eigenvalue weighted by Crippen LogP contribution is -2.58. The van der Waals surface area contributed by atoms with Gasteiger partial charge in [-0.15, -0.1) is 0 Å². The zero-order valence-electron chi connectivity index (χ0n) is 13.5. The van der Waals surface area contributed by atoms with E-state index in [1.54, 1.807) is 6.92 Å². The molecule has 3 fully saturated rings. The summed E-state index contributed by atoms with van der Waals surface area (Å²) in [5, 5.41) is 0. The van der Waals surface area contributed by atoms with E-state index >= 15 is 0 Å². The molecule has 3 aliphatic rings. The number of rotatable bonds is 3. The minimum Gasteiger partial charge on any atom is -0.323 e. The second-order valence-corrected chi connectivity index (χ2v) is 6.44. The van der Waals surface area contributed by atoms with Crippen molar-refractivity contribution in [2.75, 3.05) is 19.6 Å². The van der Waals surface area contributed by atoms with Crippen LogP contribution in [0.25, 0.3) is 0 Å². The van der Waals surface area contributed by atoms with E-state index in [4.69, 9.17) is 0 Å². The van der Waals surface area contributed by atoms with Crippen molar-refractivity contribution in [1.82, 2.24) is 9.80 Å². The molecule has 3 saturated heterocycles. The summed E-state index contributed by atoms with van der Waals surface area (Å²) in [5.74, 6) is 6.15. The highest BCUT2D eigenvalue weighted by molar-refractivity contribution is 5.93. The molecular weight excluding hydrogens is 272 g/mol. The number of carbonyl (C=O) groups is 1. The number of piperidine rings is 3. The van der Waals surface area contributed by atoms with Gasteiger partial charge in [-0.25, -0.2) is 0 Å². The zero-order chi connectivity index (χ0) is 15.5. The minimum atomic E-state index is -0.0236. The van der Waals surface area contributed by atoms with E-state index in [9.17, 15) is 4.79 Å². The van der Waals surface area contributed by atoms with Crippen LogP contribution in [-0.2, 0) is 11.3 Å². The molecular formula is C19H24N2O. The molecule has 1 aromatic rings. The van der Waals surface area contributed by atoms with Crippen LogP contribution in [0.4, 0.5) is 0 Å². The van der Waals surface area contributed by atoms with Crippen LogP contribution < -0.4 is 0 Å². The monoisotopic (exact) mass is 296 g/mol. The molecule has 22 heavy (non-hydrogen) atoms. The van der Waals surface area contributed by atoms with E-state index in [1.165, 1.54) is 37.1 Å². The molecule has 0 spiro atoms. The van der Waals surface area contributed by atoms with E-state index < -0.39 is 0 Å². The third-order valence-corrected chi connectivity index (χ3v) is 5.12. The first-order valence-corrected chi connectivity index (χ1v) is 8.19. The Kier molecular flexibility index (Phi) is 4.49. The summed E-state index contributed by atoms with van der Waals surface area (Å²) in [5.41, 5.74) is 2.47. The SMILES string of the molecule is CC#CC(=O)N(Cc1ccccc1C)C1CN2CCC1CC2. The predicted molar refractivity (Wildman–Crippen MR) is 88.1 cm³/mol. The van der Waals surface area contributed by atoms with Gasteiger partial charge in [0.1, 0.15) is 0 Å². The van der Waals surface area contributed by atoms with Gasteiger partial charge in [-0.1, -0.05) is 30.2 Å². The first-order chi connectivity index (χ1) is 10.7. The quantitative estimate of drug-likeness (QED) is 0.800. The van der Waals surface area contributed by atoms with Crippen molar-refractivity contribution in [1.29, 1.82) is 0 Å². The van der Waals surface area contributed by atoms with Gasteiger partial charge in [0, 0.05) is 19.1 Å². The Balaban J connectivity index is 1.85. The summed E-state index contributed by atoms with van der Waals surface area (Å²) in [4.78, 5) is 17.1. The van der Waals surface area contributed by atoms with E-state index in [0.717, 1.165) is 6.54 Å². The van der Waals surface area contributed by atoms with Crippen molar-refractivity contribution in [3.63, 3.8) is 0 Å². The fourth-order valence-electron chi connectivity index (χ4n) is 3.78. The number of hydrogen-bond donors (Lipinski definition) is 0. The smallest absolute Gasteiger partial charge is 0.299 e. The van der Waals surface area contributed by atoms with Crippen LogP contribution in [-0.4, -0.2) is 41.4 Å². The fourth-order valence-corrected chi connectivity index (χ4v) is 3.78. The lowest BCUT2D eigenvalue weighted by atomic mass is 9.83. The van der Waals surface area contributed by atoms with Gasteiger partial charge in [0.15, 0.2) is 0 Å². The van der Waals surface area contributed by atoms with Crippen LogP contribution in [0.5, 0.6) is 0 Å². The maximum absolute atomic E-state index is 12.6. The van der Waals surface area contributed by atoms with Crippen LogP contribution in [0.15, 0.2) is 24.3 Å². The molecule has 1 aromatic carbocycles. The zero-order valence-corrected chi connectivity index (χ0v) is 13.5. The van der Waals surface area contributed by atoms with Gasteiger partial charge in [0.25, 0.3) is 5.91 Å². The highest BCUT2D eigenvalue weighted by Gasteiger charge is 2.39. The second kappa shape index (κ2) is 6.54. The summed E-state index contributed by atoms with van der Waals surface area (Å²) >= 11 is 0. The number of carbonyl (C=O) groups excluding carboxylic acids is 1. The van der Waals surface area contributed by atoms with Crippen LogP contribution in [0, 0.1) is 24.7 Å². The summed E-state index contributed by atoms with van der Waals surface area (Å²) in [6.07, 6.45) is 2.42. The maximum Gasteiger partial charge on any atom is 0.299 e. The van der Waals surface area contributed by atoms with Crippen molar-refractivity contribution < 1.29 is 4.79 Å². The summed E-state index contributed by atoms with van der Waals surface area (Å²) in [6, 6.07) is 8.64. The summed E-state index contributed by atoms with van der Waals surface area (Å²) < 4.78 is 0. The molecule has 2 bridgehead atoms. The first kappa shape index (κ1) is 15.1. The van der Waals surface area contributed by atoms with E-state index in [2.05, 4.69) is 35.8 Å². The highest BCUT2D eigenvalue weighted by Crippen LogP contribution is 2.32. The van der Waals surface area contributed by atoms with E-state index in [1.807, 2.05) is 17.0 Å². The molecule has 3 heterocycles. The van der Waals surface area contributed by atoms with Gasteiger partial charge >= 0.3 is 0 Å². The minimum absolute atomic E-state index is 0.0236. The standard InChI is InChI=1S/C19H24N2O/c1-3-6-19(22)21(13-17-8-5-4-7-15(17)2)18-14-20-11-9-16(18)10-12-20/h4-5,7-8,16,18H,9-14H2,1-2H3. The van der Waals surface area contributed by atoms with Gasteiger partial charge in [-0.2, -0.15) is 0 Å². The Morgan fingerprint density at radius 3 is 2.64 bits per heavy atom. The van der Waals surface area contributed by atoms with Crippen molar-refractivity contribution in [2.45, 2.75) is 39.3 Å². The lowest BCUT2D eigenvalue weighted by Gasteiger charge is -2.48. The molecule has 0 N–H and O–H groups in total. The number of fused-ring (bicyclic) bond motifs is 3. The molecule has 0 saturated carbocycles. The topological polar surface area (TPSA) is 23.6 Å². The molecule has 0 aromatic heterocycles.